The average Bonchev–Trinajstić information content (AvgIpc) is 2.46. The van der Waals surface area contributed by atoms with Crippen LogP contribution in [0.1, 0.15) is 5.56 Å². The molecule has 0 atom stereocenters. The van der Waals surface area contributed by atoms with Gasteiger partial charge in [-0.25, -0.2) is 8.42 Å². The summed E-state index contributed by atoms with van der Waals surface area (Å²) < 4.78 is 25.0. The number of rotatable bonds is 5. The van der Waals surface area contributed by atoms with Crippen molar-refractivity contribution in [2.75, 3.05) is 5.43 Å². The lowest BCUT2D eigenvalue weighted by Crippen LogP contribution is -2.29. The van der Waals surface area contributed by atoms with Crippen LogP contribution >= 0.6 is 15.9 Å². The number of benzene rings is 2. The van der Waals surface area contributed by atoms with Crippen LogP contribution in [0.2, 0.25) is 0 Å². The summed E-state index contributed by atoms with van der Waals surface area (Å²) in [7, 11) is -3.93. The van der Waals surface area contributed by atoms with Crippen LogP contribution in [-0.2, 0) is 10.0 Å². The highest BCUT2D eigenvalue weighted by atomic mass is 79.9. The molecular formula is C13H12BrN3O4S. The van der Waals surface area contributed by atoms with Gasteiger partial charge in [-0.2, -0.15) is 0 Å². The zero-order valence-corrected chi connectivity index (χ0v) is 13.8. The van der Waals surface area contributed by atoms with Gasteiger partial charge in [0.1, 0.15) is 0 Å². The maximum atomic E-state index is 12.1. The standard InChI is InChI=1S/C13H12BrN3O4S/c1-9-5-6-13(12(14)7-9)15-16-22(20,21)11-4-2-3-10(8-11)17(18)19/h2-8,15-16H,1H3. The molecule has 7 nitrogen and oxygen atoms in total. The SMILES string of the molecule is Cc1ccc(NNS(=O)(=O)c2cccc([N+](=O)[O-])c2)c(Br)c1. The molecule has 0 unspecified atom stereocenters. The summed E-state index contributed by atoms with van der Waals surface area (Å²) >= 11 is 3.32. The van der Waals surface area contributed by atoms with Crippen molar-refractivity contribution >= 4 is 37.3 Å². The van der Waals surface area contributed by atoms with E-state index in [2.05, 4.69) is 26.2 Å². The van der Waals surface area contributed by atoms with Crippen LogP contribution in [-0.4, -0.2) is 13.3 Å². The van der Waals surface area contributed by atoms with Gasteiger partial charge in [-0.3, -0.25) is 10.1 Å². The van der Waals surface area contributed by atoms with Gasteiger partial charge in [0.15, 0.2) is 0 Å². The van der Waals surface area contributed by atoms with Crippen molar-refractivity contribution in [1.29, 1.82) is 0 Å². The number of anilines is 1. The number of nitro groups is 1. The molecule has 0 amide bonds. The number of aryl methyl sites for hydroxylation is 1. The fourth-order valence-corrected chi connectivity index (χ4v) is 3.15. The number of halogens is 1. The zero-order chi connectivity index (χ0) is 16.3. The predicted molar refractivity (Wildman–Crippen MR) is 85.9 cm³/mol. The molecule has 9 heteroatoms. The quantitative estimate of drug-likeness (QED) is 0.608. The van der Waals surface area contributed by atoms with Gasteiger partial charge in [-0.05, 0) is 46.6 Å². The Balaban J connectivity index is 2.21. The molecule has 0 fully saturated rings. The van der Waals surface area contributed by atoms with Gasteiger partial charge in [0.05, 0.1) is 15.5 Å². The van der Waals surface area contributed by atoms with Gasteiger partial charge in [0.2, 0.25) is 0 Å². The number of hydrogen-bond acceptors (Lipinski definition) is 5. The van der Waals surface area contributed by atoms with Crippen molar-refractivity contribution < 1.29 is 13.3 Å². The van der Waals surface area contributed by atoms with Gasteiger partial charge < -0.3 is 5.43 Å². The van der Waals surface area contributed by atoms with Gasteiger partial charge >= 0.3 is 0 Å². The van der Waals surface area contributed by atoms with E-state index in [1.165, 1.54) is 18.2 Å². The lowest BCUT2D eigenvalue weighted by Gasteiger charge is -2.11. The highest BCUT2D eigenvalue weighted by Crippen LogP contribution is 2.23. The third-order valence-electron chi connectivity index (χ3n) is 2.78. The van der Waals surface area contributed by atoms with Crippen molar-refractivity contribution in [1.82, 2.24) is 4.83 Å². The first kappa shape index (κ1) is 16.4. The van der Waals surface area contributed by atoms with E-state index in [0.717, 1.165) is 11.6 Å². The third kappa shape index (κ3) is 3.81. The first-order valence-corrected chi connectivity index (χ1v) is 8.35. The van der Waals surface area contributed by atoms with Crippen molar-refractivity contribution in [3.05, 3.63) is 62.6 Å². The zero-order valence-electron chi connectivity index (χ0n) is 11.4. The molecule has 0 aliphatic carbocycles. The topological polar surface area (TPSA) is 101 Å². The Bertz CT molecular complexity index is 824. The number of sulfonamides is 1. The third-order valence-corrected chi connectivity index (χ3v) is 4.68. The molecule has 0 spiro atoms. The van der Waals surface area contributed by atoms with Crippen LogP contribution < -0.4 is 10.3 Å². The fraction of sp³-hybridized carbons (Fsp3) is 0.0769. The van der Waals surface area contributed by atoms with Crippen LogP contribution in [0.15, 0.2) is 51.8 Å². The summed E-state index contributed by atoms with van der Waals surface area (Å²) in [5.74, 6) is 0. The van der Waals surface area contributed by atoms with Gasteiger partial charge in [0, 0.05) is 16.6 Å². The highest BCUT2D eigenvalue weighted by molar-refractivity contribution is 9.10. The minimum Gasteiger partial charge on any atom is -0.307 e. The molecule has 0 heterocycles. The average molecular weight is 386 g/mol. The van der Waals surface area contributed by atoms with E-state index < -0.39 is 14.9 Å². The van der Waals surface area contributed by atoms with E-state index in [1.54, 1.807) is 6.07 Å². The number of non-ortho nitro benzene ring substituents is 1. The Labute approximate surface area is 135 Å². The molecule has 0 aliphatic heterocycles. The minimum absolute atomic E-state index is 0.197. The fourth-order valence-electron chi connectivity index (χ4n) is 1.67. The van der Waals surface area contributed by atoms with E-state index in [1.807, 2.05) is 19.1 Å². The first-order chi connectivity index (χ1) is 10.3. The van der Waals surface area contributed by atoms with Crippen LogP contribution in [0, 0.1) is 17.0 Å². The molecule has 2 aromatic rings. The van der Waals surface area contributed by atoms with E-state index in [0.29, 0.717) is 10.2 Å². The summed E-state index contributed by atoms with van der Waals surface area (Å²) in [5.41, 5.74) is 3.82. The molecule has 0 aromatic heterocycles. The molecule has 2 N–H and O–H groups in total. The van der Waals surface area contributed by atoms with Crippen LogP contribution in [0.25, 0.3) is 0 Å². The molecule has 0 saturated carbocycles. The number of hydrazine groups is 1. The van der Waals surface area contributed by atoms with E-state index in [-0.39, 0.29) is 10.6 Å². The molecule has 0 radical (unpaired) electrons. The Hall–Kier alpha value is -1.97. The Kier molecular flexibility index (Phi) is 4.79. The molecule has 0 saturated heterocycles. The lowest BCUT2D eigenvalue weighted by atomic mass is 10.2. The summed E-state index contributed by atoms with van der Waals surface area (Å²) in [6.45, 7) is 1.90. The van der Waals surface area contributed by atoms with Crippen molar-refractivity contribution in [3.63, 3.8) is 0 Å². The number of nitrogens with one attached hydrogen (secondary N) is 2. The first-order valence-electron chi connectivity index (χ1n) is 6.08. The van der Waals surface area contributed by atoms with Gasteiger partial charge in [-0.1, -0.05) is 12.1 Å². The van der Waals surface area contributed by atoms with Crippen LogP contribution in [0.5, 0.6) is 0 Å². The van der Waals surface area contributed by atoms with Gasteiger partial charge in [0.25, 0.3) is 15.7 Å². The molecule has 2 aromatic carbocycles. The Morgan fingerprint density at radius 1 is 1.18 bits per heavy atom. The summed E-state index contributed by atoms with van der Waals surface area (Å²) in [6.07, 6.45) is 0. The largest absolute Gasteiger partial charge is 0.307 e. The van der Waals surface area contributed by atoms with Crippen LogP contribution in [0.4, 0.5) is 11.4 Å². The van der Waals surface area contributed by atoms with E-state index in [4.69, 9.17) is 0 Å². The molecule has 2 rings (SSSR count). The van der Waals surface area contributed by atoms with E-state index in [9.17, 15) is 18.5 Å². The number of nitro benzene ring substituents is 1. The molecule has 0 aliphatic rings. The lowest BCUT2D eigenvalue weighted by molar-refractivity contribution is -0.385. The highest BCUT2D eigenvalue weighted by Gasteiger charge is 2.17. The predicted octanol–water partition coefficient (Wildman–Crippen LogP) is 2.97. The maximum absolute atomic E-state index is 12.1. The summed E-state index contributed by atoms with van der Waals surface area (Å²) in [6, 6.07) is 10.2. The van der Waals surface area contributed by atoms with E-state index >= 15 is 0 Å². The number of hydrogen-bond donors (Lipinski definition) is 2. The molecule has 0 bridgehead atoms. The monoisotopic (exact) mass is 385 g/mol. The Morgan fingerprint density at radius 3 is 2.55 bits per heavy atom. The van der Waals surface area contributed by atoms with Crippen molar-refractivity contribution in [3.8, 4) is 0 Å². The maximum Gasteiger partial charge on any atom is 0.270 e. The second-order valence-corrected chi connectivity index (χ2v) is 7.01. The minimum atomic E-state index is -3.93. The Morgan fingerprint density at radius 2 is 1.91 bits per heavy atom. The normalized spacial score (nSPS) is 11.2. The summed E-state index contributed by atoms with van der Waals surface area (Å²) in [5, 5.41) is 10.7. The molecular weight excluding hydrogens is 374 g/mol. The molecule has 22 heavy (non-hydrogen) atoms. The van der Waals surface area contributed by atoms with Crippen LogP contribution in [0.3, 0.4) is 0 Å². The van der Waals surface area contributed by atoms with Crippen molar-refractivity contribution in [2.45, 2.75) is 11.8 Å². The number of nitrogens with zero attached hydrogens (tertiary/aromatic N) is 1. The smallest absolute Gasteiger partial charge is 0.270 e. The second-order valence-electron chi connectivity index (χ2n) is 4.47. The summed E-state index contributed by atoms with van der Waals surface area (Å²) in [4.78, 5) is 12.0. The van der Waals surface area contributed by atoms with Gasteiger partial charge in [-0.15, -0.1) is 4.83 Å². The second kappa shape index (κ2) is 6.42. The van der Waals surface area contributed by atoms with Crippen molar-refractivity contribution in [2.24, 2.45) is 0 Å². The molecule has 116 valence electrons.